The van der Waals surface area contributed by atoms with Crippen molar-refractivity contribution in [3.8, 4) is 0 Å². The van der Waals surface area contributed by atoms with E-state index in [1.165, 1.54) is 0 Å². The third-order valence-electron chi connectivity index (χ3n) is 3.26. The number of halogens is 1. The molecule has 1 amide bonds. The van der Waals surface area contributed by atoms with Crippen molar-refractivity contribution in [2.24, 2.45) is 5.92 Å². The van der Waals surface area contributed by atoms with Crippen LogP contribution in [0, 0.1) is 5.92 Å². The number of nitrogens with one attached hydrogen (secondary N) is 2. The van der Waals surface area contributed by atoms with Crippen LogP contribution in [-0.2, 0) is 4.79 Å². The smallest absolute Gasteiger partial charge is 0.240 e. The van der Waals surface area contributed by atoms with Gasteiger partial charge in [0.05, 0.1) is 0 Å². The van der Waals surface area contributed by atoms with E-state index in [0.717, 1.165) is 11.0 Å². The molecule has 0 radical (unpaired) electrons. The molecule has 0 spiro atoms. The Morgan fingerprint density at radius 2 is 1.74 bits per heavy atom. The monoisotopic (exact) mass is 386 g/mol. The summed E-state index contributed by atoms with van der Waals surface area (Å²) >= 11 is 3.27. The standard InChI is InChI=1S/C9H12BrN3O.C8H19N/c1-6(2)9(14)13-12-8-4-3-7(10)5-11-8;1-6-9(7(2)3)8(4)5/h3-6H,1-2H3,(H,11,12)(H,13,14);7-8H,6H2,1-5H3. The van der Waals surface area contributed by atoms with Crippen molar-refractivity contribution in [2.75, 3.05) is 12.0 Å². The van der Waals surface area contributed by atoms with Gasteiger partial charge in [-0.25, -0.2) is 4.98 Å². The largest absolute Gasteiger partial charge is 0.299 e. The number of pyridine rings is 1. The Morgan fingerprint density at radius 1 is 1.17 bits per heavy atom. The van der Waals surface area contributed by atoms with Gasteiger partial charge in [0.2, 0.25) is 5.91 Å². The number of hydrogen-bond acceptors (Lipinski definition) is 4. The molecular weight excluding hydrogens is 356 g/mol. The second kappa shape index (κ2) is 11.4. The summed E-state index contributed by atoms with van der Waals surface area (Å²) in [6.07, 6.45) is 1.66. The molecule has 132 valence electrons. The fourth-order valence-electron chi connectivity index (χ4n) is 2.05. The van der Waals surface area contributed by atoms with Gasteiger partial charge in [-0.15, -0.1) is 0 Å². The van der Waals surface area contributed by atoms with E-state index in [9.17, 15) is 4.79 Å². The van der Waals surface area contributed by atoms with Crippen LogP contribution in [0.3, 0.4) is 0 Å². The molecule has 0 aliphatic heterocycles. The highest BCUT2D eigenvalue weighted by atomic mass is 79.9. The lowest BCUT2D eigenvalue weighted by Crippen LogP contribution is -2.36. The molecule has 0 aliphatic carbocycles. The van der Waals surface area contributed by atoms with Crippen LogP contribution in [0.25, 0.3) is 0 Å². The van der Waals surface area contributed by atoms with Gasteiger partial charge in [0.15, 0.2) is 0 Å². The molecule has 0 fully saturated rings. The summed E-state index contributed by atoms with van der Waals surface area (Å²) in [5, 5.41) is 0. The van der Waals surface area contributed by atoms with Crippen molar-refractivity contribution in [3.63, 3.8) is 0 Å². The fourth-order valence-corrected chi connectivity index (χ4v) is 2.28. The summed E-state index contributed by atoms with van der Waals surface area (Å²) < 4.78 is 0.901. The van der Waals surface area contributed by atoms with Gasteiger partial charge in [0.1, 0.15) is 5.82 Å². The van der Waals surface area contributed by atoms with E-state index in [0.29, 0.717) is 17.9 Å². The highest BCUT2D eigenvalue weighted by Gasteiger charge is 2.09. The van der Waals surface area contributed by atoms with Gasteiger partial charge in [-0.05, 0) is 62.3 Å². The topological polar surface area (TPSA) is 57.3 Å². The summed E-state index contributed by atoms with van der Waals surface area (Å²) in [6.45, 7) is 16.0. The number of nitrogens with zero attached hydrogens (tertiary/aromatic N) is 2. The molecular formula is C17H31BrN4O. The average Bonchev–Trinajstić information content (AvgIpc) is 2.46. The van der Waals surface area contributed by atoms with Gasteiger partial charge in [-0.3, -0.25) is 20.5 Å². The molecule has 5 nitrogen and oxygen atoms in total. The molecule has 1 rings (SSSR count). The first-order valence-corrected chi connectivity index (χ1v) is 8.91. The summed E-state index contributed by atoms with van der Waals surface area (Å²) in [5.41, 5.74) is 5.27. The lowest BCUT2D eigenvalue weighted by atomic mass is 10.2. The summed E-state index contributed by atoms with van der Waals surface area (Å²) in [5.74, 6) is 0.509. The van der Waals surface area contributed by atoms with Gasteiger partial charge >= 0.3 is 0 Å². The maximum absolute atomic E-state index is 11.2. The Labute approximate surface area is 149 Å². The molecule has 2 N–H and O–H groups in total. The van der Waals surface area contributed by atoms with E-state index in [1.807, 2.05) is 19.9 Å². The summed E-state index contributed by atoms with van der Waals surface area (Å²) in [7, 11) is 0. The second-order valence-electron chi connectivity index (χ2n) is 6.15. The minimum absolute atomic E-state index is 0.0436. The highest BCUT2D eigenvalue weighted by molar-refractivity contribution is 9.10. The van der Waals surface area contributed by atoms with Crippen LogP contribution in [0.4, 0.5) is 5.82 Å². The first-order valence-electron chi connectivity index (χ1n) is 8.12. The molecule has 0 aliphatic rings. The maximum atomic E-state index is 11.2. The molecule has 1 aromatic rings. The number of amides is 1. The normalized spacial score (nSPS) is 10.8. The minimum Gasteiger partial charge on any atom is -0.299 e. The molecule has 0 saturated heterocycles. The molecule has 0 aromatic carbocycles. The van der Waals surface area contributed by atoms with Crippen LogP contribution in [0.1, 0.15) is 48.5 Å². The predicted molar refractivity (Wildman–Crippen MR) is 101 cm³/mol. The second-order valence-corrected chi connectivity index (χ2v) is 7.06. The highest BCUT2D eigenvalue weighted by Crippen LogP contribution is 2.09. The van der Waals surface area contributed by atoms with Gasteiger partial charge in [-0.2, -0.15) is 0 Å². The minimum atomic E-state index is -0.0604. The summed E-state index contributed by atoms with van der Waals surface area (Å²) in [4.78, 5) is 17.7. The number of hydrogen-bond donors (Lipinski definition) is 2. The number of rotatable bonds is 6. The summed E-state index contributed by atoms with van der Waals surface area (Å²) in [6, 6.07) is 4.99. The number of carbonyl (C=O) groups excluding carboxylic acids is 1. The van der Waals surface area contributed by atoms with E-state index in [2.05, 4.69) is 71.3 Å². The number of aromatic nitrogens is 1. The van der Waals surface area contributed by atoms with Crippen molar-refractivity contribution in [2.45, 2.75) is 60.5 Å². The zero-order valence-electron chi connectivity index (χ0n) is 15.4. The van der Waals surface area contributed by atoms with E-state index >= 15 is 0 Å². The van der Waals surface area contributed by atoms with E-state index in [4.69, 9.17) is 0 Å². The number of anilines is 1. The van der Waals surface area contributed by atoms with Gasteiger partial charge in [0.25, 0.3) is 0 Å². The van der Waals surface area contributed by atoms with E-state index in [-0.39, 0.29) is 11.8 Å². The zero-order valence-corrected chi connectivity index (χ0v) is 16.9. The Bertz CT molecular complexity index is 438. The number of hydrazine groups is 1. The van der Waals surface area contributed by atoms with Crippen molar-refractivity contribution in [1.82, 2.24) is 15.3 Å². The predicted octanol–water partition coefficient (Wildman–Crippen LogP) is 4.07. The van der Waals surface area contributed by atoms with Crippen LogP contribution in [0.15, 0.2) is 22.8 Å². The first kappa shape index (κ1) is 21.9. The third-order valence-corrected chi connectivity index (χ3v) is 3.73. The van der Waals surface area contributed by atoms with Gasteiger partial charge in [0, 0.05) is 28.7 Å². The Kier molecular flexibility index (Phi) is 10.8. The van der Waals surface area contributed by atoms with E-state index in [1.54, 1.807) is 12.3 Å². The SMILES string of the molecule is CC(C)C(=O)NNc1ccc(Br)cn1.CCN(C(C)C)C(C)C. The number of carbonyl (C=O) groups is 1. The fraction of sp³-hybridized carbons (Fsp3) is 0.647. The lowest BCUT2D eigenvalue weighted by molar-refractivity contribution is -0.123. The van der Waals surface area contributed by atoms with Crippen LogP contribution in [-0.4, -0.2) is 34.4 Å². The van der Waals surface area contributed by atoms with Gasteiger partial charge < -0.3 is 0 Å². The van der Waals surface area contributed by atoms with Crippen molar-refractivity contribution in [1.29, 1.82) is 0 Å². The van der Waals surface area contributed by atoms with Crippen LogP contribution < -0.4 is 10.9 Å². The van der Waals surface area contributed by atoms with Gasteiger partial charge in [-0.1, -0.05) is 20.8 Å². The Hall–Kier alpha value is -1.14. The average molecular weight is 387 g/mol. The van der Waals surface area contributed by atoms with Crippen molar-refractivity contribution < 1.29 is 4.79 Å². The zero-order chi connectivity index (χ0) is 18.0. The van der Waals surface area contributed by atoms with E-state index < -0.39 is 0 Å². The Balaban J connectivity index is 0.000000468. The molecule has 0 unspecified atom stereocenters. The quantitative estimate of drug-likeness (QED) is 0.723. The molecule has 6 heteroatoms. The molecule has 1 heterocycles. The lowest BCUT2D eigenvalue weighted by Gasteiger charge is -2.28. The molecule has 0 bridgehead atoms. The Morgan fingerprint density at radius 3 is 2.04 bits per heavy atom. The van der Waals surface area contributed by atoms with Crippen LogP contribution >= 0.6 is 15.9 Å². The first-order chi connectivity index (χ1) is 10.7. The third kappa shape index (κ3) is 9.56. The molecule has 23 heavy (non-hydrogen) atoms. The van der Waals surface area contributed by atoms with Crippen LogP contribution in [0.5, 0.6) is 0 Å². The maximum Gasteiger partial charge on any atom is 0.240 e. The van der Waals surface area contributed by atoms with Crippen molar-refractivity contribution >= 4 is 27.7 Å². The molecule has 0 saturated carbocycles. The molecule has 1 aromatic heterocycles. The van der Waals surface area contributed by atoms with Crippen LogP contribution in [0.2, 0.25) is 0 Å². The molecule has 0 atom stereocenters. The van der Waals surface area contributed by atoms with Crippen molar-refractivity contribution in [3.05, 3.63) is 22.8 Å².